The van der Waals surface area contributed by atoms with Crippen LogP contribution in [0.1, 0.15) is 51.6 Å². The van der Waals surface area contributed by atoms with Gasteiger partial charge in [0.05, 0.1) is 27.2 Å². The predicted octanol–water partition coefficient (Wildman–Crippen LogP) is 3.37. The third-order valence-electron chi connectivity index (χ3n) is 5.99. The number of hydrogen-bond acceptors (Lipinski definition) is 2. The summed E-state index contributed by atoms with van der Waals surface area (Å²) in [6.45, 7) is 7.50. The second kappa shape index (κ2) is 10.2. The fraction of sp³-hybridized carbons (Fsp3) is 0.667. The number of rotatable bonds is 8. The van der Waals surface area contributed by atoms with E-state index in [1.165, 1.54) is 6.42 Å². The second-order valence-electron chi connectivity index (χ2n) is 10.2. The van der Waals surface area contributed by atoms with Crippen molar-refractivity contribution < 1.29 is 14.1 Å². The number of carbonyl (C=O) groups is 2. The van der Waals surface area contributed by atoms with E-state index < -0.39 is 0 Å². The van der Waals surface area contributed by atoms with Crippen LogP contribution in [0.3, 0.4) is 0 Å². The summed E-state index contributed by atoms with van der Waals surface area (Å²) in [6, 6.07) is 9.67. The van der Waals surface area contributed by atoms with Crippen LogP contribution in [0.4, 0.5) is 0 Å². The molecule has 0 aromatic heterocycles. The number of quaternary nitrogens is 1. The topological polar surface area (TPSA) is 58.2 Å². The van der Waals surface area contributed by atoms with Gasteiger partial charge in [-0.3, -0.25) is 9.59 Å². The Hall–Kier alpha value is -1.88. The van der Waals surface area contributed by atoms with E-state index in [1.807, 2.05) is 51.5 Å². The Balaban J connectivity index is 2.06. The van der Waals surface area contributed by atoms with E-state index in [9.17, 15) is 9.59 Å². The van der Waals surface area contributed by atoms with Gasteiger partial charge in [0, 0.05) is 12.5 Å². The number of benzene rings is 1. The Labute approximate surface area is 176 Å². The molecule has 1 aromatic rings. The van der Waals surface area contributed by atoms with Crippen LogP contribution in [0, 0.1) is 23.7 Å². The fourth-order valence-electron chi connectivity index (χ4n) is 4.45. The summed E-state index contributed by atoms with van der Waals surface area (Å²) >= 11 is 0. The molecule has 0 aliphatic heterocycles. The van der Waals surface area contributed by atoms with Crippen molar-refractivity contribution in [2.75, 3.05) is 34.2 Å². The van der Waals surface area contributed by atoms with E-state index in [4.69, 9.17) is 0 Å². The van der Waals surface area contributed by atoms with Gasteiger partial charge in [-0.15, -0.1) is 0 Å². The predicted molar refractivity (Wildman–Crippen MR) is 118 cm³/mol. The lowest BCUT2D eigenvalue weighted by atomic mass is 9.70. The summed E-state index contributed by atoms with van der Waals surface area (Å²) in [5.41, 5.74) is 1.01. The van der Waals surface area contributed by atoms with Crippen molar-refractivity contribution in [2.24, 2.45) is 23.7 Å². The molecule has 1 saturated carbocycles. The summed E-state index contributed by atoms with van der Waals surface area (Å²) in [5, 5.41) is 6.29. The van der Waals surface area contributed by atoms with Gasteiger partial charge in [-0.05, 0) is 36.2 Å². The maximum atomic E-state index is 13.1. The quantitative estimate of drug-likeness (QED) is 0.655. The molecule has 1 aliphatic carbocycles. The molecule has 1 fully saturated rings. The summed E-state index contributed by atoms with van der Waals surface area (Å²) in [6.07, 6.45) is 3.29. The van der Waals surface area contributed by atoms with Crippen LogP contribution < -0.4 is 10.6 Å². The lowest BCUT2D eigenvalue weighted by Gasteiger charge is -2.36. The van der Waals surface area contributed by atoms with E-state index in [-0.39, 0.29) is 23.8 Å². The molecule has 0 saturated heterocycles. The Bertz CT molecular complexity index is 666. The van der Waals surface area contributed by atoms with Crippen LogP contribution in [-0.2, 0) is 9.59 Å². The molecule has 2 rings (SSSR count). The highest BCUT2D eigenvalue weighted by Crippen LogP contribution is 2.38. The largest absolute Gasteiger partial charge is 0.353 e. The van der Waals surface area contributed by atoms with Gasteiger partial charge in [0.1, 0.15) is 0 Å². The van der Waals surface area contributed by atoms with Crippen molar-refractivity contribution in [1.29, 1.82) is 0 Å². The van der Waals surface area contributed by atoms with Gasteiger partial charge in [0.25, 0.3) is 5.91 Å². The van der Waals surface area contributed by atoms with E-state index in [2.05, 4.69) is 31.4 Å². The molecule has 0 heterocycles. The van der Waals surface area contributed by atoms with Gasteiger partial charge < -0.3 is 15.1 Å². The molecule has 29 heavy (non-hydrogen) atoms. The molecular weight excluding hydrogens is 362 g/mol. The van der Waals surface area contributed by atoms with E-state index in [0.29, 0.717) is 35.3 Å². The minimum Gasteiger partial charge on any atom is -0.353 e. The zero-order valence-corrected chi connectivity index (χ0v) is 19.1. The zero-order chi connectivity index (χ0) is 21.6. The second-order valence-corrected chi connectivity index (χ2v) is 10.2. The van der Waals surface area contributed by atoms with Gasteiger partial charge in [-0.2, -0.15) is 0 Å². The highest BCUT2D eigenvalue weighted by Gasteiger charge is 2.35. The van der Waals surface area contributed by atoms with E-state index >= 15 is 0 Å². The number of nitrogens with zero attached hydrogens (tertiary/aromatic N) is 1. The maximum Gasteiger partial charge on any atom is 0.275 e. The first kappa shape index (κ1) is 23.4. The van der Waals surface area contributed by atoms with Gasteiger partial charge >= 0.3 is 0 Å². The van der Waals surface area contributed by atoms with Crippen LogP contribution in [0.15, 0.2) is 30.3 Å². The van der Waals surface area contributed by atoms with E-state index in [1.54, 1.807) is 0 Å². The first-order valence-corrected chi connectivity index (χ1v) is 11.0. The molecule has 5 nitrogen and oxygen atoms in total. The highest BCUT2D eigenvalue weighted by molar-refractivity contribution is 5.80. The molecule has 0 unspecified atom stereocenters. The van der Waals surface area contributed by atoms with Crippen molar-refractivity contribution in [1.82, 2.24) is 10.6 Å². The molecule has 162 valence electrons. The molecule has 0 bridgehead atoms. The molecular formula is C24H40N3O2+. The Morgan fingerprint density at radius 2 is 1.76 bits per heavy atom. The molecule has 0 spiro atoms. The normalized spacial score (nSPS) is 23.5. The summed E-state index contributed by atoms with van der Waals surface area (Å²) in [7, 11) is 5.99. The average molecular weight is 403 g/mol. The van der Waals surface area contributed by atoms with Crippen LogP contribution in [0.5, 0.6) is 0 Å². The van der Waals surface area contributed by atoms with Gasteiger partial charge in [0.2, 0.25) is 5.91 Å². The molecule has 0 radical (unpaired) electrons. The first-order valence-electron chi connectivity index (χ1n) is 11.0. The molecule has 1 aromatic carbocycles. The number of carbonyl (C=O) groups excluding carboxylic acids is 2. The van der Waals surface area contributed by atoms with Gasteiger partial charge in [-0.1, -0.05) is 57.5 Å². The third kappa shape index (κ3) is 7.46. The summed E-state index contributed by atoms with van der Waals surface area (Å²) in [5.74, 6) is 1.73. The molecule has 2 N–H and O–H groups in total. The monoisotopic (exact) mass is 402 g/mol. The fourth-order valence-corrected chi connectivity index (χ4v) is 4.45. The van der Waals surface area contributed by atoms with Crippen LogP contribution in [-0.4, -0.2) is 50.5 Å². The van der Waals surface area contributed by atoms with Crippen LogP contribution in [0.25, 0.3) is 0 Å². The SMILES string of the molecule is CC(C)[C@@H]1CC[C@@H](C)C[C@H]1C(=O)NC[C@@H](NC(=O)C[N+](C)(C)C)c1ccccc1. The van der Waals surface area contributed by atoms with Crippen molar-refractivity contribution in [3.8, 4) is 0 Å². The lowest BCUT2D eigenvalue weighted by Crippen LogP contribution is -2.48. The molecule has 5 heteroatoms. The number of amides is 2. The Kier molecular flexibility index (Phi) is 8.26. The summed E-state index contributed by atoms with van der Waals surface area (Å²) in [4.78, 5) is 25.6. The van der Waals surface area contributed by atoms with Gasteiger partial charge in [-0.25, -0.2) is 0 Å². The average Bonchev–Trinajstić information content (AvgIpc) is 2.63. The number of nitrogens with one attached hydrogen (secondary N) is 2. The minimum absolute atomic E-state index is 0.00746. The molecule has 4 atom stereocenters. The van der Waals surface area contributed by atoms with Crippen LogP contribution in [0.2, 0.25) is 0 Å². The van der Waals surface area contributed by atoms with Crippen molar-refractivity contribution in [3.63, 3.8) is 0 Å². The van der Waals surface area contributed by atoms with Gasteiger partial charge in [0.15, 0.2) is 6.54 Å². The van der Waals surface area contributed by atoms with Crippen LogP contribution >= 0.6 is 0 Å². The standard InChI is InChI=1S/C24H39N3O2/c1-17(2)20-13-12-18(3)14-21(20)24(29)25-15-22(19-10-8-7-9-11-19)26-23(28)16-27(4,5)6/h7-11,17-18,20-22H,12-16H2,1-6H3,(H-,25,26,28,29)/p+1/t18-,20+,21-,22-/m1/s1. The zero-order valence-electron chi connectivity index (χ0n) is 19.1. The highest BCUT2D eigenvalue weighted by atomic mass is 16.2. The van der Waals surface area contributed by atoms with Crippen molar-refractivity contribution in [2.45, 2.75) is 46.1 Å². The van der Waals surface area contributed by atoms with Crippen molar-refractivity contribution in [3.05, 3.63) is 35.9 Å². The number of likely N-dealkylation sites (N-methyl/N-ethyl adjacent to an activating group) is 1. The number of hydrogen-bond donors (Lipinski definition) is 2. The Morgan fingerprint density at radius 1 is 1.10 bits per heavy atom. The molecule has 2 amide bonds. The smallest absolute Gasteiger partial charge is 0.275 e. The molecule has 1 aliphatic rings. The van der Waals surface area contributed by atoms with E-state index in [0.717, 1.165) is 18.4 Å². The first-order chi connectivity index (χ1) is 13.6. The minimum atomic E-state index is -0.224. The van der Waals surface area contributed by atoms with Crippen molar-refractivity contribution >= 4 is 11.8 Å². The Morgan fingerprint density at radius 3 is 2.34 bits per heavy atom. The maximum absolute atomic E-state index is 13.1. The lowest BCUT2D eigenvalue weighted by molar-refractivity contribution is -0.862. The third-order valence-corrected chi connectivity index (χ3v) is 5.99. The summed E-state index contributed by atoms with van der Waals surface area (Å²) < 4.78 is 0.565.